The van der Waals surface area contributed by atoms with Crippen molar-refractivity contribution in [2.75, 3.05) is 5.32 Å². The molecule has 0 aromatic heterocycles. The van der Waals surface area contributed by atoms with Gasteiger partial charge in [-0.3, -0.25) is 9.59 Å². The lowest BCUT2D eigenvalue weighted by Gasteiger charge is -2.06. The zero-order valence-electron chi connectivity index (χ0n) is 8.21. The van der Waals surface area contributed by atoms with Crippen LogP contribution >= 0.6 is 0 Å². The summed E-state index contributed by atoms with van der Waals surface area (Å²) in [6.07, 6.45) is 0.509. The molecule has 0 fully saturated rings. The zero-order chi connectivity index (χ0) is 11.3. The maximum absolute atomic E-state index is 13.2. The van der Waals surface area contributed by atoms with Crippen LogP contribution in [0, 0.1) is 5.82 Å². The number of amides is 2. The lowest BCUT2D eigenvalue weighted by molar-refractivity contribution is -0.119. The average Bonchev–Trinajstić information content (AvgIpc) is 2.19. The van der Waals surface area contributed by atoms with Crippen molar-refractivity contribution < 1.29 is 14.0 Å². The fourth-order valence-electron chi connectivity index (χ4n) is 1.09. The Morgan fingerprint density at radius 2 is 2.27 bits per heavy atom. The molecule has 4 nitrogen and oxygen atoms in total. The molecule has 0 aliphatic heterocycles. The van der Waals surface area contributed by atoms with E-state index in [4.69, 9.17) is 0 Å². The third-order valence-corrected chi connectivity index (χ3v) is 1.80. The Morgan fingerprint density at radius 3 is 2.87 bits per heavy atom. The second-order valence-corrected chi connectivity index (χ2v) is 2.98. The first-order chi connectivity index (χ1) is 7.13. The molecule has 0 saturated heterocycles. The van der Waals surface area contributed by atoms with Crippen LogP contribution in [0.25, 0.3) is 0 Å². The van der Waals surface area contributed by atoms with Gasteiger partial charge in [0.2, 0.25) is 12.3 Å². The van der Waals surface area contributed by atoms with Gasteiger partial charge in [0.15, 0.2) is 0 Å². The van der Waals surface area contributed by atoms with Gasteiger partial charge < -0.3 is 10.6 Å². The van der Waals surface area contributed by atoms with Crippen molar-refractivity contribution in [1.29, 1.82) is 0 Å². The van der Waals surface area contributed by atoms with Crippen LogP contribution in [0.15, 0.2) is 18.2 Å². The van der Waals surface area contributed by atoms with Gasteiger partial charge in [-0.25, -0.2) is 4.39 Å². The average molecular weight is 210 g/mol. The van der Waals surface area contributed by atoms with Crippen molar-refractivity contribution in [1.82, 2.24) is 5.32 Å². The first-order valence-electron chi connectivity index (χ1n) is 4.36. The van der Waals surface area contributed by atoms with Gasteiger partial charge in [0.25, 0.3) is 0 Å². The fraction of sp³-hybridized carbons (Fsp3) is 0.200. The summed E-state index contributed by atoms with van der Waals surface area (Å²) in [6.45, 7) is 1.46. The zero-order valence-corrected chi connectivity index (χ0v) is 8.21. The van der Waals surface area contributed by atoms with Gasteiger partial charge in [-0.2, -0.15) is 0 Å². The van der Waals surface area contributed by atoms with Gasteiger partial charge in [-0.1, -0.05) is 0 Å². The van der Waals surface area contributed by atoms with Crippen molar-refractivity contribution in [2.24, 2.45) is 0 Å². The number of halogens is 1. The standard InChI is InChI=1S/C10H11FN2O2/c1-7(15)12-5-8-4-9(13-6-14)2-3-10(8)11/h2-4,6H,5H2,1H3,(H,12,15)(H,13,14). The van der Waals surface area contributed by atoms with Crippen LogP contribution in [0.3, 0.4) is 0 Å². The van der Waals surface area contributed by atoms with Crippen molar-refractivity contribution in [3.05, 3.63) is 29.6 Å². The monoisotopic (exact) mass is 210 g/mol. The Morgan fingerprint density at radius 1 is 1.53 bits per heavy atom. The highest BCUT2D eigenvalue weighted by Crippen LogP contribution is 2.13. The molecule has 0 atom stereocenters. The Kier molecular flexibility index (Phi) is 3.79. The Hall–Kier alpha value is -1.91. The van der Waals surface area contributed by atoms with E-state index in [1.54, 1.807) is 0 Å². The highest BCUT2D eigenvalue weighted by atomic mass is 19.1. The predicted molar refractivity (Wildman–Crippen MR) is 53.6 cm³/mol. The molecule has 0 aliphatic carbocycles. The summed E-state index contributed by atoms with van der Waals surface area (Å²) in [7, 11) is 0. The highest BCUT2D eigenvalue weighted by molar-refractivity contribution is 5.73. The van der Waals surface area contributed by atoms with Gasteiger partial charge >= 0.3 is 0 Å². The normalized spacial score (nSPS) is 9.47. The van der Waals surface area contributed by atoms with Crippen molar-refractivity contribution in [3.63, 3.8) is 0 Å². The van der Waals surface area contributed by atoms with Crippen LogP contribution < -0.4 is 10.6 Å². The lowest BCUT2D eigenvalue weighted by atomic mass is 10.2. The summed E-state index contributed by atoms with van der Waals surface area (Å²) in [4.78, 5) is 20.8. The molecule has 2 amide bonds. The molecule has 0 spiro atoms. The summed E-state index contributed by atoms with van der Waals surface area (Å²) in [5.41, 5.74) is 0.823. The van der Waals surface area contributed by atoms with E-state index >= 15 is 0 Å². The van der Waals surface area contributed by atoms with Crippen LogP contribution in [0.1, 0.15) is 12.5 Å². The van der Waals surface area contributed by atoms with E-state index in [1.807, 2.05) is 0 Å². The van der Waals surface area contributed by atoms with E-state index in [0.717, 1.165) is 0 Å². The smallest absolute Gasteiger partial charge is 0.217 e. The number of rotatable bonds is 4. The van der Waals surface area contributed by atoms with Gasteiger partial charge in [-0.15, -0.1) is 0 Å². The summed E-state index contributed by atoms with van der Waals surface area (Å²) < 4.78 is 13.2. The molecule has 0 saturated carbocycles. The molecule has 1 aromatic carbocycles. The minimum absolute atomic E-state index is 0.107. The molecule has 0 unspecified atom stereocenters. The molecule has 15 heavy (non-hydrogen) atoms. The minimum Gasteiger partial charge on any atom is -0.352 e. The molecule has 0 aliphatic rings. The van der Waals surface area contributed by atoms with Crippen molar-refractivity contribution >= 4 is 18.0 Å². The maximum atomic E-state index is 13.2. The first kappa shape index (κ1) is 11.2. The van der Waals surface area contributed by atoms with Crippen LogP contribution in [-0.4, -0.2) is 12.3 Å². The summed E-state index contributed by atoms with van der Waals surface area (Å²) in [6, 6.07) is 4.16. The molecule has 1 rings (SSSR count). The summed E-state index contributed by atoms with van der Waals surface area (Å²) in [5.74, 6) is -0.650. The highest BCUT2D eigenvalue weighted by Gasteiger charge is 2.03. The number of benzene rings is 1. The summed E-state index contributed by atoms with van der Waals surface area (Å²) >= 11 is 0. The Bertz CT molecular complexity index is 380. The van der Waals surface area contributed by atoms with Gasteiger partial charge in [0.1, 0.15) is 5.82 Å². The largest absolute Gasteiger partial charge is 0.352 e. The lowest BCUT2D eigenvalue weighted by Crippen LogP contribution is -2.19. The van der Waals surface area contributed by atoms with Crippen molar-refractivity contribution in [2.45, 2.75) is 13.5 Å². The minimum atomic E-state index is -0.416. The van der Waals surface area contributed by atoms with E-state index in [-0.39, 0.29) is 12.5 Å². The molecule has 0 bridgehead atoms. The number of anilines is 1. The molecule has 80 valence electrons. The van der Waals surface area contributed by atoms with Crippen LogP contribution in [0.2, 0.25) is 0 Å². The Labute approximate surface area is 86.5 Å². The van der Waals surface area contributed by atoms with E-state index in [0.29, 0.717) is 17.7 Å². The number of hydrogen-bond donors (Lipinski definition) is 2. The second-order valence-electron chi connectivity index (χ2n) is 2.98. The van der Waals surface area contributed by atoms with Gasteiger partial charge in [0.05, 0.1) is 0 Å². The van der Waals surface area contributed by atoms with E-state index in [2.05, 4.69) is 10.6 Å². The molecule has 0 radical (unpaired) electrons. The molecular formula is C10H11FN2O2. The van der Waals surface area contributed by atoms with E-state index < -0.39 is 5.82 Å². The van der Waals surface area contributed by atoms with Crippen molar-refractivity contribution in [3.8, 4) is 0 Å². The number of carbonyl (C=O) groups excluding carboxylic acids is 2. The second kappa shape index (κ2) is 5.09. The fourth-order valence-corrected chi connectivity index (χ4v) is 1.09. The number of nitrogens with one attached hydrogen (secondary N) is 2. The maximum Gasteiger partial charge on any atom is 0.217 e. The molecular weight excluding hydrogens is 199 g/mol. The topological polar surface area (TPSA) is 58.2 Å². The molecule has 2 N–H and O–H groups in total. The SMILES string of the molecule is CC(=O)NCc1cc(NC=O)ccc1F. The van der Waals surface area contributed by atoms with Gasteiger partial charge in [-0.05, 0) is 18.2 Å². The van der Waals surface area contributed by atoms with E-state index in [1.165, 1.54) is 25.1 Å². The summed E-state index contributed by atoms with van der Waals surface area (Å²) in [5, 5.41) is 4.88. The van der Waals surface area contributed by atoms with E-state index in [9.17, 15) is 14.0 Å². The third kappa shape index (κ3) is 3.38. The number of hydrogen-bond acceptors (Lipinski definition) is 2. The quantitative estimate of drug-likeness (QED) is 0.729. The molecule has 5 heteroatoms. The van der Waals surface area contributed by atoms with Gasteiger partial charge in [0, 0.05) is 24.7 Å². The number of carbonyl (C=O) groups is 2. The third-order valence-electron chi connectivity index (χ3n) is 1.80. The predicted octanol–water partition coefficient (Wildman–Crippen LogP) is 1.03. The van der Waals surface area contributed by atoms with Crippen LogP contribution in [-0.2, 0) is 16.1 Å². The van der Waals surface area contributed by atoms with Crippen LogP contribution in [0.4, 0.5) is 10.1 Å². The first-order valence-corrected chi connectivity index (χ1v) is 4.36. The molecule has 1 aromatic rings. The molecule has 0 heterocycles. The van der Waals surface area contributed by atoms with Crippen LogP contribution in [0.5, 0.6) is 0 Å². The Balaban J connectivity index is 2.80.